The number of nitrogens with one attached hydrogen (secondary N) is 1. The van der Waals surface area contributed by atoms with Crippen LogP contribution in [0.2, 0.25) is 0 Å². The summed E-state index contributed by atoms with van der Waals surface area (Å²) < 4.78 is 0. The van der Waals surface area contributed by atoms with Crippen molar-refractivity contribution < 1.29 is 0 Å². The Bertz CT molecular complexity index is 753. The molecular weight excluding hydrogens is 360 g/mol. The molecule has 1 aliphatic rings. The van der Waals surface area contributed by atoms with Gasteiger partial charge in [-0.05, 0) is 56.1 Å². The molecule has 0 atom stereocenters. The van der Waals surface area contributed by atoms with Crippen molar-refractivity contribution in [2.45, 2.75) is 26.2 Å². The van der Waals surface area contributed by atoms with E-state index in [1.807, 2.05) is 24.4 Å². The normalized spacial score (nSPS) is 15.5. The van der Waals surface area contributed by atoms with Crippen LogP contribution < -0.4 is 16.0 Å². The number of aliphatic imine (C=N–C) groups is 1. The van der Waals surface area contributed by atoms with Crippen LogP contribution in [0.25, 0.3) is 0 Å². The molecule has 0 saturated carbocycles. The highest BCUT2D eigenvalue weighted by Crippen LogP contribution is 2.17. The van der Waals surface area contributed by atoms with Gasteiger partial charge in [0.05, 0.1) is 0 Å². The first-order valence-corrected chi connectivity index (χ1v) is 10.7. The zero-order valence-corrected chi connectivity index (χ0v) is 17.6. The fourth-order valence-corrected chi connectivity index (χ4v) is 3.62. The van der Waals surface area contributed by atoms with Gasteiger partial charge >= 0.3 is 0 Å². The number of unbranched alkanes of at least 4 members (excludes halogenated alkanes) is 1. The molecule has 29 heavy (non-hydrogen) atoms. The van der Waals surface area contributed by atoms with Crippen LogP contribution in [-0.2, 0) is 6.42 Å². The number of anilines is 1. The summed E-state index contributed by atoms with van der Waals surface area (Å²) in [6, 6.07) is 14.8. The number of aryl methyl sites for hydroxylation is 1. The predicted octanol–water partition coefficient (Wildman–Crippen LogP) is 2.44. The summed E-state index contributed by atoms with van der Waals surface area (Å²) in [6.07, 6.45) is 4.90. The molecule has 2 aromatic rings. The zero-order chi connectivity index (χ0) is 20.3. The number of hydrogen-bond acceptors (Lipinski definition) is 4. The number of aromatic nitrogens is 1. The topological polar surface area (TPSA) is 69.8 Å². The second kappa shape index (κ2) is 11.4. The molecular formula is C23H34N6. The summed E-state index contributed by atoms with van der Waals surface area (Å²) in [6.45, 7) is 9.32. The Morgan fingerprint density at radius 3 is 2.72 bits per heavy atom. The van der Waals surface area contributed by atoms with Gasteiger partial charge in [-0.2, -0.15) is 0 Å². The van der Waals surface area contributed by atoms with E-state index < -0.39 is 0 Å². The highest BCUT2D eigenvalue weighted by molar-refractivity contribution is 5.77. The Labute approximate surface area is 174 Å². The minimum atomic E-state index is 0.535. The Hall–Kier alpha value is -2.60. The smallest absolute Gasteiger partial charge is 0.188 e. The Morgan fingerprint density at radius 1 is 1.10 bits per heavy atom. The van der Waals surface area contributed by atoms with Gasteiger partial charge in [0, 0.05) is 63.3 Å². The predicted molar refractivity (Wildman–Crippen MR) is 121 cm³/mol. The molecule has 1 saturated heterocycles. The van der Waals surface area contributed by atoms with Crippen LogP contribution in [-0.4, -0.2) is 61.7 Å². The summed E-state index contributed by atoms with van der Waals surface area (Å²) in [4.78, 5) is 13.8. The van der Waals surface area contributed by atoms with E-state index in [0.29, 0.717) is 5.96 Å². The van der Waals surface area contributed by atoms with E-state index >= 15 is 0 Å². The second-order valence-corrected chi connectivity index (χ2v) is 7.64. The standard InChI is InChI=1S/C23H34N6/c1-20-7-6-9-22(19-20)29-17-15-28(16-18-29)14-5-4-12-26-23(24)27-13-10-21-8-2-3-11-25-21/h2-3,6-9,11,19H,4-5,10,12-18H2,1H3,(H3,24,26,27). The minimum absolute atomic E-state index is 0.535. The van der Waals surface area contributed by atoms with Crippen molar-refractivity contribution in [3.8, 4) is 0 Å². The van der Waals surface area contributed by atoms with Crippen LogP contribution in [0.3, 0.4) is 0 Å². The van der Waals surface area contributed by atoms with Gasteiger partial charge < -0.3 is 16.0 Å². The third-order valence-corrected chi connectivity index (χ3v) is 5.32. The van der Waals surface area contributed by atoms with Gasteiger partial charge in [0.25, 0.3) is 0 Å². The van der Waals surface area contributed by atoms with E-state index in [1.165, 1.54) is 11.3 Å². The Kier molecular flexibility index (Phi) is 8.31. The van der Waals surface area contributed by atoms with E-state index in [4.69, 9.17) is 5.73 Å². The van der Waals surface area contributed by atoms with Gasteiger partial charge in [-0.25, -0.2) is 0 Å². The molecule has 3 rings (SSSR count). The van der Waals surface area contributed by atoms with Crippen molar-refractivity contribution in [2.75, 3.05) is 50.7 Å². The van der Waals surface area contributed by atoms with Gasteiger partial charge in [-0.1, -0.05) is 18.2 Å². The van der Waals surface area contributed by atoms with Crippen molar-refractivity contribution in [3.05, 3.63) is 59.9 Å². The summed E-state index contributed by atoms with van der Waals surface area (Å²) in [5.41, 5.74) is 9.69. The summed E-state index contributed by atoms with van der Waals surface area (Å²) in [5, 5.41) is 3.17. The van der Waals surface area contributed by atoms with Crippen LogP contribution in [0.1, 0.15) is 24.1 Å². The van der Waals surface area contributed by atoms with Crippen LogP contribution in [0.5, 0.6) is 0 Å². The average molecular weight is 395 g/mol. The number of nitrogens with two attached hydrogens (primary N) is 1. The zero-order valence-electron chi connectivity index (χ0n) is 17.6. The van der Waals surface area contributed by atoms with Crippen molar-refractivity contribution in [2.24, 2.45) is 10.7 Å². The molecule has 6 heteroatoms. The number of pyridine rings is 1. The van der Waals surface area contributed by atoms with Crippen LogP contribution in [0.4, 0.5) is 5.69 Å². The number of benzene rings is 1. The lowest BCUT2D eigenvalue weighted by atomic mass is 10.2. The number of hydrogen-bond donors (Lipinski definition) is 2. The average Bonchev–Trinajstić information content (AvgIpc) is 2.75. The van der Waals surface area contributed by atoms with E-state index in [2.05, 4.69) is 56.3 Å². The molecule has 0 amide bonds. The molecule has 0 radical (unpaired) electrons. The van der Waals surface area contributed by atoms with Gasteiger partial charge in [-0.3, -0.25) is 14.9 Å². The minimum Gasteiger partial charge on any atom is -0.370 e. The van der Waals surface area contributed by atoms with Crippen molar-refractivity contribution >= 4 is 11.6 Å². The van der Waals surface area contributed by atoms with E-state index in [9.17, 15) is 0 Å². The van der Waals surface area contributed by atoms with Crippen molar-refractivity contribution in [1.29, 1.82) is 0 Å². The third kappa shape index (κ3) is 7.38. The first kappa shape index (κ1) is 21.1. The number of nitrogens with zero attached hydrogens (tertiary/aromatic N) is 4. The maximum absolute atomic E-state index is 5.95. The third-order valence-electron chi connectivity index (χ3n) is 5.32. The van der Waals surface area contributed by atoms with E-state index in [-0.39, 0.29) is 0 Å². The highest BCUT2D eigenvalue weighted by atomic mass is 15.3. The molecule has 1 fully saturated rings. The molecule has 3 N–H and O–H groups in total. The van der Waals surface area contributed by atoms with E-state index in [1.54, 1.807) is 0 Å². The summed E-state index contributed by atoms with van der Waals surface area (Å²) in [5.74, 6) is 0.535. The van der Waals surface area contributed by atoms with Crippen LogP contribution >= 0.6 is 0 Å². The molecule has 0 bridgehead atoms. The molecule has 1 aromatic carbocycles. The molecule has 156 valence electrons. The van der Waals surface area contributed by atoms with Gasteiger partial charge in [-0.15, -0.1) is 0 Å². The molecule has 1 aromatic heterocycles. The lowest BCUT2D eigenvalue weighted by molar-refractivity contribution is 0.253. The lowest BCUT2D eigenvalue weighted by Crippen LogP contribution is -2.46. The van der Waals surface area contributed by atoms with Gasteiger partial charge in [0.15, 0.2) is 5.96 Å². The van der Waals surface area contributed by atoms with Crippen LogP contribution in [0.15, 0.2) is 53.7 Å². The summed E-state index contributed by atoms with van der Waals surface area (Å²) in [7, 11) is 0. The number of rotatable bonds is 9. The Morgan fingerprint density at radius 2 is 1.97 bits per heavy atom. The summed E-state index contributed by atoms with van der Waals surface area (Å²) >= 11 is 0. The van der Waals surface area contributed by atoms with Gasteiger partial charge in [0.2, 0.25) is 0 Å². The molecule has 0 spiro atoms. The maximum Gasteiger partial charge on any atom is 0.188 e. The molecule has 2 heterocycles. The molecule has 6 nitrogen and oxygen atoms in total. The molecule has 0 aliphatic carbocycles. The number of piperazine rings is 1. The van der Waals surface area contributed by atoms with Crippen molar-refractivity contribution in [1.82, 2.24) is 15.2 Å². The fraction of sp³-hybridized carbons (Fsp3) is 0.478. The fourth-order valence-electron chi connectivity index (χ4n) is 3.62. The number of guanidine groups is 1. The van der Waals surface area contributed by atoms with Crippen LogP contribution in [0, 0.1) is 6.92 Å². The first-order valence-electron chi connectivity index (χ1n) is 10.7. The maximum atomic E-state index is 5.95. The second-order valence-electron chi connectivity index (χ2n) is 7.64. The first-order chi connectivity index (χ1) is 14.2. The molecule has 0 unspecified atom stereocenters. The van der Waals surface area contributed by atoms with Gasteiger partial charge in [0.1, 0.15) is 0 Å². The monoisotopic (exact) mass is 394 g/mol. The SMILES string of the molecule is Cc1cccc(N2CCN(CCCCN=C(N)NCCc3ccccn3)CC2)c1. The quantitative estimate of drug-likeness (QED) is 0.388. The van der Waals surface area contributed by atoms with E-state index in [0.717, 1.165) is 70.8 Å². The molecule has 1 aliphatic heterocycles. The highest BCUT2D eigenvalue weighted by Gasteiger charge is 2.16. The largest absolute Gasteiger partial charge is 0.370 e. The Balaban J connectivity index is 1.25. The van der Waals surface area contributed by atoms with Crippen molar-refractivity contribution in [3.63, 3.8) is 0 Å². The lowest BCUT2D eigenvalue weighted by Gasteiger charge is -2.36.